The average molecular weight is 394 g/mol. The molecule has 0 aromatic heterocycles. The Balaban J connectivity index is 0.000000186. The van der Waals surface area contributed by atoms with Crippen LogP contribution in [0.2, 0.25) is 0 Å². The van der Waals surface area contributed by atoms with E-state index in [1.165, 1.54) is 0 Å². The summed E-state index contributed by atoms with van der Waals surface area (Å²) in [5.41, 5.74) is 4.87. The highest BCUT2D eigenvalue weighted by molar-refractivity contribution is 6.64. The third-order valence-electron chi connectivity index (χ3n) is 6.03. The van der Waals surface area contributed by atoms with Crippen molar-refractivity contribution >= 4 is 31.4 Å². The van der Waals surface area contributed by atoms with E-state index in [9.17, 15) is 9.82 Å². The molecule has 0 atom stereocenters. The summed E-state index contributed by atoms with van der Waals surface area (Å²) in [7, 11) is -1.18. The van der Waals surface area contributed by atoms with Gasteiger partial charge in [-0.1, -0.05) is 47.5 Å². The molecule has 152 valence electrons. The molecule has 0 saturated carbocycles. The molecule has 0 spiro atoms. The van der Waals surface area contributed by atoms with Crippen molar-refractivity contribution in [2.24, 2.45) is 0 Å². The van der Waals surface area contributed by atoms with Crippen molar-refractivity contribution in [2.75, 3.05) is 0 Å². The molecule has 7 heteroatoms. The molecular weight excluding hydrogens is 366 g/mol. The second-order valence-electron chi connectivity index (χ2n) is 8.59. The Morgan fingerprint density at radius 2 is 1.48 bits per heavy atom. The van der Waals surface area contributed by atoms with Gasteiger partial charge in [-0.15, -0.1) is 0 Å². The van der Waals surface area contributed by atoms with Crippen LogP contribution in [-0.4, -0.2) is 36.7 Å². The van der Waals surface area contributed by atoms with Gasteiger partial charge in [0.05, 0.1) is 17.8 Å². The zero-order chi connectivity index (χ0) is 21.4. The van der Waals surface area contributed by atoms with E-state index in [2.05, 4.69) is 0 Å². The maximum Gasteiger partial charge on any atom is 0.495 e. The van der Waals surface area contributed by atoms with E-state index in [1.807, 2.05) is 71.9 Å². The maximum absolute atomic E-state index is 11.1. The zero-order valence-electron chi connectivity index (χ0n) is 18.0. The third-order valence-corrected chi connectivity index (χ3v) is 6.03. The Kier molecular flexibility index (Phi) is 6.06. The number of fused-ring (bicyclic) bond motifs is 1. The van der Waals surface area contributed by atoms with Crippen molar-refractivity contribution in [3.63, 3.8) is 0 Å². The molecule has 1 N–H and O–H groups in total. The number of hydrogen-bond donors (Lipinski definition) is 1. The van der Waals surface area contributed by atoms with Gasteiger partial charge in [0.25, 0.3) is 0 Å². The van der Waals surface area contributed by atoms with Gasteiger partial charge in [0.2, 0.25) is 0 Å². The minimum absolute atomic E-state index is 0.389. The lowest BCUT2D eigenvalue weighted by Gasteiger charge is -2.32. The van der Waals surface area contributed by atoms with Crippen molar-refractivity contribution < 1.29 is 23.8 Å². The van der Waals surface area contributed by atoms with Crippen LogP contribution in [0.25, 0.3) is 0 Å². The number of hydrogen-bond acceptors (Lipinski definition) is 5. The van der Waals surface area contributed by atoms with Gasteiger partial charge in [-0.25, -0.2) is 0 Å². The van der Waals surface area contributed by atoms with Gasteiger partial charge < -0.3 is 19.0 Å². The Hall–Kier alpha value is -1.92. The van der Waals surface area contributed by atoms with E-state index in [0.29, 0.717) is 12.2 Å². The van der Waals surface area contributed by atoms with Gasteiger partial charge in [0.15, 0.2) is 0 Å². The minimum atomic E-state index is -0.703. The molecule has 2 aromatic carbocycles. The molecule has 2 heterocycles. The first-order valence-electron chi connectivity index (χ1n) is 9.86. The summed E-state index contributed by atoms with van der Waals surface area (Å²) in [5.74, 6) is 0. The number of aldehydes is 1. The summed E-state index contributed by atoms with van der Waals surface area (Å²) < 4.78 is 17.0. The monoisotopic (exact) mass is 394 g/mol. The summed E-state index contributed by atoms with van der Waals surface area (Å²) in [5, 5.41) is 9.34. The van der Waals surface area contributed by atoms with E-state index in [-0.39, 0.29) is 11.2 Å². The molecule has 1 fully saturated rings. The largest absolute Gasteiger partial charge is 0.495 e. The minimum Gasteiger partial charge on any atom is -0.423 e. The smallest absolute Gasteiger partial charge is 0.423 e. The lowest BCUT2D eigenvalue weighted by molar-refractivity contribution is 0.00578. The molecule has 2 aliphatic rings. The van der Waals surface area contributed by atoms with Crippen LogP contribution in [0, 0.1) is 13.8 Å². The SMILES string of the molecule is Cc1cccc(C=O)c1B1OC(C)(C)C(C)(C)O1.Cc1cccc2c1B(O)OC2. The molecule has 2 aliphatic heterocycles. The van der Waals surface area contributed by atoms with E-state index in [0.717, 1.165) is 33.9 Å². The van der Waals surface area contributed by atoms with Crippen molar-refractivity contribution in [1.29, 1.82) is 0 Å². The molecule has 0 amide bonds. The molecule has 29 heavy (non-hydrogen) atoms. The summed E-state index contributed by atoms with van der Waals surface area (Å²) in [4.78, 5) is 11.1. The molecule has 0 aliphatic carbocycles. The van der Waals surface area contributed by atoms with Gasteiger partial charge in [-0.2, -0.15) is 0 Å². The lowest BCUT2D eigenvalue weighted by atomic mass is 9.73. The molecule has 4 rings (SSSR count). The fourth-order valence-corrected chi connectivity index (χ4v) is 3.56. The van der Waals surface area contributed by atoms with Crippen molar-refractivity contribution in [2.45, 2.75) is 59.4 Å². The Morgan fingerprint density at radius 3 is 2.03 bits per heavy atom. The highest BCUT2D eigenvalue weighted by Crippen LogP contribution is 2.36. The fourth-order valence-electron chi connectivity index (χ4n) is 3.56. The normalized spacial score (nSPS) is 18.9. The van der Waals surface area contributed by atoms with Crippen LogP contribution in [0.1, 0.15) is 54.7 Å². The molecular formula is C22H28B2O5. The van der Waals surface area contributed by atoms with Crippen LogP contribution in [0.3, 0.4) is 0 Å². The van der Waals surface area contributed by atoms with Crippen LogP contribution in [0.4, 0.5) is 0 Å². The van der Waals surface area contributed by atoms with E-state index in [4.69, 9.17) is 14.0 Å². The standard InChI is InChI=1S/C14H19BO3.C8H9BO2/c1-10-7-6-8-11(9-16)12(10)15-17-13(2,3)14(4,5)18-15;1-6-3-2-4-7-5-11-9(10)8(6)7/h6-9H,1-5H3;2-4,10H,5H2,1H3. The van der Waals surface area contributed by atoms with Gasteiger partial charge in [-0.3, -0.25) is 4.79 Å². The number of carbonyl (C=O) groups is 1. The maximum atomic E-state index is 11.1. The molecule has 0 unspecified atom stereocenters. The third kappa shape index (κ3) is 4.19. The summed E-state index contributed by atoms with van der Waals surface area (Å²) in [6.07, 6.45) is 0.855. The first-order chi connectivity index (χ1) is 13.6. The van der Waals surface area contributed by atoms with Gasteiger partial charge in [-0.05, 0) is 58.0 Å². The van der Waals surface area contributed by atoms with Crippen molar-refractivity contribution in [3.05, 3.63) is 58.7 Å². The highest BCUT2D eigenvalue weighted by atomic mass is 16.7. The average Bonchev–Trinajstić information content (AvgIpc) is 3.12. The second kappa shape index (κ2) is 8.07. The number of benzene rings is 2. The molecule has 1 saturated heterocycles. The predicted molar refractivity (Wildman–Crippen MR) is 116 cm³/mol. The number of aryl methyl sites for hydroxylation is 2. The molecule has 0 radical (unpaired) electrons. The Labute approximate surface area is 173 Å². The highest BCUT2D eigenvalue weighted by Gasteiger charge is 2.52. The first kappa shape index (κ1) is 21.8. The van der Waals surface area contributed by atoms with Gasteiger partial charge in [0.1, 0.15) is 6.29 Å². The van der Waals surface area contributed by atoms with Crippen LogP contribution >= 0.6 is 0 Å². The molecule has 0 bridgehead atoms. The van der Waals surface area contributed by atoms with Crippen LogP contribution in [-0.2, 0) is 20.6 Å². The van der Waals surface area contributed by atoms with Gasteiger partial charge >= 0.3 is 14.2 Å². The molecule has 2 aromatic rings. The quantitative estimate of drug-likeness (QED) is 0.626. The number of carbonyl (C=O) groups excluding carboxylic acids is 1. The number of rotatable bonds is 2. The van der Waals surface area contributed by atoms with E-state index in [1.54, 1.807) is 6.07 Å². The zero-order valence-corrected chi connectivity index (χ0v) is 18.0. The summed E-state index contributed by atoms with van der Waals surface area (Å²) in [6, 6.07) is 11.6. The van der Waals surface area contributed by atoms with Crippen molar-refractivity contribution in [1.82, 2.24) is 0 Å². The second-order valence-corrected chi connectivity index (χ2v) is 8.59. The lowest BCUT2D eigenvalue weighted by Crippen LogP contribution is -2.41. The van der Waals surface area contributed by atoms with E-state index < -0.39 is 14.2 Å². The van der Waals surface area contributed by atoms with Crippen molar-refractivity contribution in [3.8, 4) is 0 Å². The Morgan fingerprint density at radius 1 is 0.931 bits per heavy atom. The predicted octanol–water partition coefficient (Wildman–Crippen LogP) is 2.32. The molecule has 5 nitrogen and oxygen atoms in total. The van der Waals surface area contributed by atoms with E-state index >= 15 is 0 Å². The summed E-state index contributed by atoms with van der Waals surface area (Å²) >= 11 is 0. The van der Waals surface area contributed by atoms with Crippen LogP contribution in [0.5, 0.6) is 0 Å². The first-order valence-corrected chi connectivity index (χ1v) is 9.86. The summed E-state index contributed by atoms with van der Waals surface area (Å²) in [6.45, 7) is 12.5. The van der Waals surface area contributed by atoms with Crippen LogP contribution in [0.15, 0.2) is 36.4 Å². The van der Waals surface area contributed by atoms with Crippen LogP contribution < -0.4 is 10.9 Å². The fraction of sp³-hybridized carbons (Fsp3) is 0.409. The topological polar surface area (TPSA) is 65.0 Å². The van der Waals surface area contributed by atoms with Gasteiger partial charge in [0, 0.05) is 5.56 Å². The Bertz CT molecular complexity index is 894.